The summed E-state index contributed by atoms with van der Waals surface area (Å²) in [5.74, 6) is 0. The normalized spacial score (nSPS) is 10.2. The number of hydrogen-bond donors (Lipinski definition) is 1. The summed E-state index contributed by atoms with van der Waals surface area (Å²) in [5.41, 5.74) is 3.44. The first kappa shape index (κ1) is 11.7. The summed E-state index contributed by atoms with van der Waals surface area (Å²) in [6, 6.07) is 3.99. The molecule has 3 heteroatoms. The zero-order chi connectivity index (χ0) is 11.3. The minimum absolute atomic E-state index is 0.928. The van der Waals surface area contributed by atoms with E-state index < -0.39 is 0 Å². The summed E-state index contributed by atoms with van der Waals surface area (Å²) < 4.78 is 0. The zero-order valence-electron chi connectivity index (χ0n) is 9.91. The monoisotopic (exact) mass is 205 g/mol. The van der Waals surface area contributed by atoms with Gasteiger partial charge in [0.25, 0.3) is 0 Å². The van der Waals surface area contributed by atoms with E-state index in [9.17, 15) is 0 Å². The Morgan fingerprint density at radius 3 is 2.73 bits per heavy atom. The number of nitrogens with zero attached hydrogens (tertiary/aromatic N) is 2. The Hall–Kier alpha value is -1.35. The van der Waals surface area contributed by atoms with E-state index in [2.05, 4.69) is 29.0 Å². The SMILES string of the molecule is CC.CN(C)Cc1c[nH]c2cccnc12. The molecule has 3 nitrogen and oxygen atoms in total. The van der Waals surface area contributed by atoms with Gasteiger partial charge in [0.05, 0.1) is 11.0 Å². The highest BCUT2D eigenvalue weighted by Gasteiger charge is 2.03. The molecule has 0 aliphatic rings. The van der Waals surface area contributed by atoms with Gasteiger partial charge in [-0.3, -0.25) is 4.98 Å². The van der Waals surface area contributed by atoms with Crippen LogP contribution in [0.1, 0.15) is 19.4 Å². The molecule has 0 aromatic carbocycles. The predicted molar refractivity (Wildman–Crippen MR) is 64.8 cm³/mol. The molecule has 15 heavy (non-hydrogen) atoms. The van der Waals surface area contributed by atoms with E-state index >= 15 is 0 Å². The summed E-state index contributed by atoms with van der Waals surface area (Å²) in [6.45, 7) is 4.93. The number of aromatic nitrogens is 2. The van der Waals surface area contributed by atoms with Crippen molar-refractivity contribution in [2.45, 2.75) is 20.4 Å². The van der Waals surface area contributed by atoms with Crippen LogP contribution in [0, 0.1) is 0 Å². The summed E-state index contributed by atoms with van der Waals surface area (Å²) in [4.78, 5) is 9.68. The molecule has 0 saturated carbocycles. The molecule has 0 aliphatic heterocycles. The van der Waals surface area contributed by atoms with E-state index in [1.165, 1.54) is 5.56 Å². The molecule has 0 aliphatic carbocycles. The highest BCUT2D eigenvalue weighted by molar-refractivity contribution is 5.78. The van der Waals surface area contributed by atoms with Gasteiger partial charge in [-0.1, -0.05) is 13.8 Å². The fraction of sp³-hybridized carbons (Fsp3) is 0.417. The molecule has 2 aromatic rings. The van der Waals surface area contributed by atoms with Crippen molar-refractivity contribution in [3.63, 3.8) is 0 Å². The standard InChI is InChI=1S/C10H13N3.C2H6/c1-13(2)7-8-6-12-9-4-3-5-11-10(8)9;1-2/h3-6,12H,7H2,1-2H3;1-2H3. The van der Waals surface area contributed by atoms with Crippen LogP contribution in [-0.4, -0.2) is 29.0 Å². The van der Waals surface area contributed by atoms with Gasteiger partial charge in [-0.15, -0.1) is 0 Å². The van der Waals surface area contributed by atoms with E-state index in [1.807, 2.05) is 38.4 Å². The van der Waals surface area contributed by atoms with Gasteiger partial charge in [0.15, 0.2) is 0 Å². The molecule has 2 aromatic heterocycles. The number of pyridine rings is 1. The highest BCUT2D eigenvalue weighted by Crippen LogP contribution is 2.15. The lowest BCUT2D eigenvalue weighted by atomic mass is 10.2. The minimum Gasteiger partial charge on any atom is -0.360 e. The Morgan fingerprint density at radius 1 is 1.33 bits per heavy atom. The third-order valence-electron chi connectivity index (χ3n) is 2.00. The average Bonchev–Trinajstić information content (AvgIpc) is 2.64. The lowest BCUT2D eigenvalue weighted by Crippen LogP contribution is -2.10. The molecule has 0 radical (unpaired) electrons. The van der Waals surface area contributed by atoms with Gasteiger partial charge in [0.1, 0.15) is 0 Å². The molecule has 1 N–H and O–H groups in total. The van der Waals surface area contributed by atoms with Gasteiger partial charge < -0.3 is 9.88 Å². The number of aromatic amines is 1. The van der Waals surface area contributed by atoms with E-state index in [4.69, 9.17) is 0 Å². The summed E-state index contributed by atoms with van der Waals surface area (Å²) in [7, 11) is 4.11. The van der Waals surface area contributed by atoms with Crippen LogP contribution < -0.4 is 0 Å². The van der Waals surface area contributed by atoms with Crippen LogP contribution in [0.4, 0.5) is 0 Å². The van der Waals surface area contributed by atoms with Gasteiger partial charge in [0, 0.05) is 24.5 Å². The number of rotatable bonds is 2. The Bertz CT molecular complexity index is 404. The van der Waals surface area contributed by atoms with Crippen molar-refractivity contribution in [2.75, 3.05) is 14.1 Å². The first-order chi connectivity index (χ1) is 7.27. The van der Waals surface area contributed by atoms with E-state index in [1.54, 1.807) is 0 Å². The minimum atomic E-state index is 0.928. The van der Waals surface area contributed by atoms with E-state index in [0.29, 0.717) is 0 Å². The van der Waals surface area contributed by atoms with Crippen LogP contribution in [-0.2, 0) is 6.54 Å². The fourth-order valence-electron chi connectivity index (χ4n) is 1.47. The van der Waals surface area contributed by atoms with Crippen LogP contribution in [0.15, 0.2) is 24.5 Å². The third kappa shape index (κ3) is 2.80. The lowest BCUT2D eigenvalue weighted by molar-refractivity contribution is 0.404. The molecule has 0 saturated heterocycles. The molecule has 0 unspecified atom stereocenters. The van der Waals surface area contributed by atoms with Gasteiger partial charge in [0.2, 0.25) is 0 Å². The smallest absolute Gasteiger partial charge is 0.0923 e. The molecular formula is C12H19N3. The van der Waals surface area contributed by atoms with E-state index in [0.717, 1.165) is 17.6 Å². The second-order valence-electron chi connectivity index (χ2n) is 3.45. The fourth-order valence-corrected chi connectivity index (χ4v) is 1.47. The molecule has 0 bridgehead atoms. The average molecular weight is 205 g/mol. The van der Waals surface area contributed by atoms with Crippen molar-refractivity contribution in [2.24, 2.45) is 0 Å². The first-order valence-electron chi connectivity index (χ1n) is 5.33. The maximum atomic E-state index is 4.34. The Kier molecular flexibility index (Phi) is 4.31. The van der Waals surface area contributed by atoms with Crippen molar-refractivity contribution >= 4 is 11.0 Å². The summed E-state index contributed by atoms with van der Waals surface area (Å²) in [6.07, 6.45) is 3.85. The maximum Gasteiger partial charge on any atom is 0.0923 e. The molecule has 0 spiro atoms. The van der Waals surface area contributed by atoms with Gasteiger partial charge in [-0.25, -0.2) is 0 Å². The van der Waals surface area contributed by atoms with Crippen LogP contribution in [0.3, 0.4) is 0 Å². The van der Waals surface area contributed by atoms with Gasteiger partial charge in [-0.05, 0) is 26.2 Å². The quantitative estimate of drug-likeness (QED) is 0.817. The van der Waals surface area contributed by atoms with E-state index in [-0.39, 0.29) is 0 Å². The van der Waals surface area contributed by atoms with Gasteiger partial charge >= 0.3 is 0 Å². The van der Waals surface area contributed by atoms with Crippen molar-refractivity contribution in [3.05, 3.63) is 30.1 Å². The number of fused-ring (bicyclic) bond motifs is 1. The molecule has 2 heterocycles. The Labute approximate surface area is 91.1 Å². The molecule has 82 valence electrons. The van der Waals surface area contributed by atoms with Gasteiger partial charge in [-0.2, -0.15) is 0 Å². The van der Waals surface area contributed by atoms with Crippen LogP contribution in [0.5, 0.6) is 0 Å². The second kappa shape index (κ2) is 5.51. The number of nitrogens with one attached hydrogen (secondary N) is 1. The van der Waals surface area contributed by atoms with Crippen molar-refractivity contribution < 1.29 is 0 Å². The van der Waals surface area contributed by atoms with Crippen molar-refractivity contribution in [1.82, 2.24) is 14.9 Å². The number of hydrogen-bond acceptors (Lipinski definition) is 2. The zero-order valence-corrected chi connectivity index (χ0v) is 9.91. The lowest BCUT2D eigenvalue weighted by Gasteiger charge is -2.06. The first-order valence-corrected chi connectivity index (χ1v) is 5.33. The highest BCUT2D eigenvalue weighted by atomic mass is 15.1. The van der Waals surface area contributed by atoms with Crippen LogP contribution >= 0.6 is 0 Å². The molecule has 2 rings (SSSR count). The van der Waals surface area contributed by atoms with Crippen LogP contribution in [0.2, 0.25) is 0 Å². The largest absolute Gasteiger partial charge is 0.360 e. The molecule has 0 fully saturated rings. The summed E-state index contributed by atoms with van der Waals surface area (Å²) in [5, 5.41) is 0. The Morgan fingerprint density at radius 2 is 2.07 bits per heavy atom. The third-order valence-corrected chi connectivity index (χ3v) is 2.00. The molecule has 0 atom stereocenters. The topological polar surface area (TPSA) is 31.9 Å². The molecular weight excluding hydrogens is 186 g/mol. The van der Waals surface area contributed by atoms with Crippen molar-refractivity contribution in [3.8, 4) is 0 Å². The van der Waals surface area contributed by atoms with Crippen molar-refractivity contribution in [1.29, 1.82) is 0 Å². The Balaban J connectivity index is 0.000000531. The predicted octanol–water partition coefficient (Wildman–Crippen LogP) is 2.65. The summed E-state index contributed by atoms with van der Waals surface area (Å²) >= 11 is 0. The number of H-pyrrole nitrogens is 1. The second-order valence-corrected chi connectivity index (χ2v) is 3.45. The van der Waals surface area contributed by atoms with Crippen LogP contribution in [0.25, 0.3) is 11.0 Å². The molecule has 0 amide bonds. The maximum absolute atomic E-state index is 4.34.